The van der Waals surface area contributed by atoms with Crippen LogP contribution in [0.5, 0.6) is 0 Å². The van der Waals surface area contributed by atoms with Crippen molar-refractivity contribution < 1.29 is 9.21 Å². The molecule has 0 fully saturated rings. The molecule has 0 aliphatic heterocycles. The van der Waals surface area contributed by atoms with Crippen LogP contribution in [0.15, 0.2) is 21.0 Å². The highest BCUT2D eigenvalue weighted by Crippen LogP contribution is 2.29. The second-order valence-corrected chi connectivity index (χ2v) is 6.56. The van der Waals surface area contributed by atoms with Gasteiger partial charge in [0.1, 0.15) is 5.52 Å². The molecule has 0 saturated carbocycles. The zero-order valence-electron chi connectivity index (χ0n) is 11.0. The van der Waals surface area contributed by atoms with Gasteiger partial charge in [-0.15, -0.1) is 0 Å². The predicted molar refractivity (Wildman–Crippen MR) is 74.9 cm³/mol. The fraction of sp³-hybridized carbons (Fsp3) is 0.429. The molecule has 0 bridgehead atoms. The van der Waals surface area contributed by atoms with Gasteiger partial charge in [-0.3, -0.25) is 4.79 Å². The van der Waals surface area contributed by atoms with E-state index >= 15 is 0 Å². The SMILES string of the molecule is CC(=O)c1cc(Br)c2oc(CC(C)(C)C)nc2c1. The number of halogens is 1. The number of carbonyl (C=O) groups is 1. The first-order valence-corrected chi connectivity index (χ1v) is 6.65. The summed E-state index contributed by atoms with van der Waals surface area (Å²) in [6.07, 6.45) is 0.767. The second kappa shape index (κ2) is 4.50. The summed E-state index contributed by atoms with van der Waals surface area (Å²) in [7, 11) is 0. The predicted octanol–water partition coefficient (Wildman–Crippen LogP) is 4.38. The Bertz CT molecular complexity index is 608. The van der Waals surface area contributed by atoms with Crippen LogP contribution in [0.3, 0.4) is 0 Å². The summed E-state index contributed by atoms with van der Waals surface area (Å²) >= 11 is 3.42. The molecule has 0 unspecified atom stereocenters. The van der Waals surface area contributed by atoms with Crippen molar-refractivity contribution in [3.8, 4) is 0 Å². The molecular weight excluding hydrogens is 294 g/mol. The van der Waals surface area contributed by atoms with Gasteiger partial charge in [0.25, 0.3) is 0 Å². The Hall–Kier alpha value is -1.16. The minimum Gasteiger partial charge on any atom is -0.439 e. The maximum atomic E-state index is 11.4. The van der Waals surface area contributed by atoms with Gasteiger partial charge in [0.15, 0.2) is 17.3 Å². The molecular formula is C14H16BrNO2. The van der Waals surface area contributed by atoms with Gasteiger partial charge in [-0.25, -0.2) is 4.98 Å². The standard InChI is InChI=1S/C14H16BrNO2/c1-8(17)9-5-10(15)13-11(6-9)16-12(18-13)7-14(2,3)4/h5-6H,7H2,1-4H3. The maximum absolute atomic E-state index is 11.4. The zero-order chi connectivity index (χ0) is 13.5. The lowest BCUT2D eigenvalue weighted by Crippen LogP contribution is -2.09. The lowest BCUT2D eigenvalue weighted by Gasteiger charge is -2.14. The summed E-state index contributed by atoms with van der Waals surface area (Å²) in [5, 5.41) is 0. The highest BCUT2D eigenvalue weighted by molar-refractivity contribution is 9.10. The van der Waals surface area contributed by atoms with Gasteiger partial charge < -0.3 is 4.42 Å². The van der Waals surface area contributed by atoms with Gasteiger partial charge in [-0.2, -0.15) is 0 Å². The molecule has 0 atom stereocenters. The molecule has 1 aromatic carbocycles. The van der Waals surface area contributed by atoms with Crippen molar-refractivity contribution in [2.45, 2.75) is 34.1 Å². The van der Waals surface area contributed by atoms with Crippen molar-refractivity contribution in [1.82, 2.24) is 4.98 Å². The second-order valence-electron chi connectivity index (χ2n) is 5.71. The van der Waals surface area contributed by atoms with Crippen LogP contribution in [-0.2, 0) is 6.42 Å². The third kappa shape index (κ3) is 2.80. The van der Waals surface area contributed by atoms with Crippen LogP contribution in [0.25, 0.3) is 11.1 Å². The smallest absolute Gasteiger partial charge is 0.196 e. The Morgan fingerprint density at radius 2 is 2.06 bits per heavy atom. The summed E-state index contributed by atoms with van der Waals surface area (Å²) in [6.45, 7) is 7.96. The van der Waals surface area contributed by atoms with Crippen LogP contribution < -0.4 is 0 Å². The number of fused-ring (bicyclic) bond motifs is 1. The minimum atomic E-state index is 0.0259. The fourth-order valence-electron chi connectivity index (χ4n) is 1.77. The van der Waals surface area contributed by atoms with E-state index in [2.05, 4.69) is 41.7 Å². The molecule has 2 rings (SSSR count). The van der Waals surface area contributed by atoms with E-state index in [-0.39, 0.29) is 11.2 Å². The molecule has 18 heavy (non-hydrogen) atoms. The Morgan fingerprint density at radius 3 is 2.61 bits per heavy atom. The van der Waals surface area contributed by atoms with E-state index in [1.807, 2.05) is 0 Å². The van der Waals surface area contributed by atoms with E-state index in [1.165, 1.54) is 0 Å². The molecule has 4 heteroatoms. The fourth-order valence-corrected chi connectivity index (χ4v) is 2.30. The highest BCUT2D eigenvalue weighted by Gasteiger charge is 2.18. The molecule has 0 spiro atoms. The number of hydrogen-bond donors (Lipinski definition) is 0. The van der Waals surface area contributed by atoms with Crippen molar-refractivity contribution >= 4 is 32.8 Å². The van der Waals surface area contributed by atoms with E-state index in [1.54, 1.807) is 19.1 Å². The van der Waals surface area contributed by atoms with Crippen molar-refractivity contribution in [3.63, 3.8) is 0 Å². The number of oxazole rings is 1. The van der Waals surface area contributed by atoms with Crippen molar-refractivity contribution in [2.24, 2.45) is 5.41 Å². The monoisotopic (exact) mass is 309 g/mol. The van der Waals surface area contributed by atoms with Gasteiger partial charge >= 0.3 is 0 Å². The Morgan fingerprint density at radius 1 is 1.39 bits per heavy atom. The molecule has 0 amide bonds. The third-order valence-corrected chi connectivity index (χ3v) is 3.17. The van der Waals surface area contributed by atoms with Crippen LogP contribution in [0.1, 0.15) is 43.9 Å². The normalized spacial score (nSPS) is 12.1. The quantitative estimate of drug-likeness (QED) is 0.773. The number of benzene rings is 1. The number of aromatic nitrogens is 1. The minimum absolute atomic E-state index is 0.0259. The van der Waals surface area contributed by atoms with Crippen molar-refractivity contribution in [3.05, 3.63) is 28.1 Å². The first kappa shape index (κ1) is 13.3. The number of hydrogen-bond acceptors (Lipinski definition) is 3. The lowest BCUT2D eigenvalue weighted by molar-refractivity contribution is 0.101. The molecule has 0 saturated heterocycles. The van der Waals surface area contributed by atoms with Crippen LogP contribution >= 0.6 is 15.9 Å². The molecule has 1 aromatic heterocycles. The van der Waals surface area contributed by atoms with Gasteiger partial charge in [-0.1, -0.05) is 20.8 Å². The Balaban J connectivity index is 2.51. The van der Waals surface area contributed by atoms with Gasteiger partial charge in [0.05, 0.1) is 4.47 Å². The number of ketones is 1. The number of carbonyl (C=O) groups excluding carboxylic acids is 1. The van der Waals surface area contributed by atoms with E-state index < -0.39 is 0 Å². The Kier molecular flexibility index (Phi) is 3.32. The van der Waals surface area contributed by atoms with Gasteiger partial charge in [0, 0.05) is 12.0 Å². The average Bonchev–Trinajstić information content (AvgIpc) is 2.57. The summed E-state index contributed by atoms with van der Waals surface area (Å²) in [5.41, 5.74) is 2.20. The molecule has 96 valence electrons. The van der Waals surface area contributed by atoms with E-state index in [4.69, 9.17) is 4.42 Å². The summed E-state index contributed by atoms with van der Waals surface area (Å²) < 4.78 is 6.52. The highest BCUT2D eigenvalue weighted by atomic mass is 79.9. The molecule has 2 aromatic rings. The number of Topliss-reactive ketones (excluding diaryl/α,β-unsaturated/α-hetero) is 1. The number of nitrogens with zero attached hydrogens (tertiary/aromatic N) is 1. The average molecular weight is 310 g/mol. The van der Waals surface area contributed by atoms with Crippen LogP contribution in [0.2, 0.25) is 0 Å². The number of rotatable bonds is 2. The summed E-state index contributed by atoms with van der Waals surface area (Å²) in [5.74, 6) is 0.733. The third-order valence-electron chi connectivity index (χ3n) is 2.58. The molecule has 0 aliphatic rings. The van der Waals surface area contributed by atoms with E-state index in [9.17, 15) is 4.79 Å². The molecule has 0 N–H and O–H groups in total. The largest absolute Gasteiger partial charge is 0.439 e. The zero-order valence-corrected chi connectivity index (χ0v) is 12.6. The maximum Gasteiger partial charge on any atom is 0.196 e. The van der Waals surface area contributed by atoms with Crippen LogP contribution in [-0.4, -0.2) is 10.8 Å². The molecule has 3 nitrogen and oxygen atoms in total. The first-order chi connectivity index (χ1) is 8.26. The van der Waals surface area contributed by atoms with Crippen molar-refractivity contribution in [1.29, 1.82) is 0 Å². The Labute approximate surface area is 115 Å². The van der Waals surface area contributed by atoms with Crippen molar-refractivity contribution in [2.75, 3.05) is 0 Å². The summed E-state index contributed by atoms with van der Waals surface area (Å²) in [4.78, 5) is 15.9. The first-order valence-electron chi connectivity index (χ1n) is 5.86. The van der Waals surface area contributed by atoms with Gasteiger partial charge in [-0.05, 0) is 40.4 Å². The lowest BCUT2D eigenvalue weighted by atomic mass is 9.92. The molecule has 0 radical (unpaired) electrons. The molecule has 0 aliphatic carbocycles. The summed E-state index contributed by atoms with van der Waals surface area (Å²) in [6, 6.07) is 3.55. The van der Waals surface area contributed by atoms with Gasteiger partial charge in [0.2, 0.25) is 0 Å². The van der Waals surface area contributed by atoms with Crippen LogP contribution in [0, 0.1) is 5.41 Å². The van der Waals surface area contributed by atoms with Crippen LogP contribution in [0.4, 0.5) is 0 Å². The topological polar surface area (TPSA) is 43.1 Å². The molecule has 1 heterocycles. The van der Waals surface area contributed by atoms with E-state index in [0.717, 1.165) is 16.4 Å². The van der Waals surface area contributed by atoms with E-state index in [0.29, 0.717) is 17.0 Å².